The standard InChI is InChI=1S/C28H40N4S.C4H4O4/c1-19(2)23-14-24(20(3)4)27(25(15-23)21(5)6)26-18-33-28(30-26)32(13-12-31(7)8)17-22-10-9-11-29-16-22;5-3(6)1-2-4(7)8/h9-11,14-16,18-21H,12-13,17H2,1-8H3;1-2H,(H,5,6)(H,7,8)/b;2-1+. The molecule has 41 heavy (non-hydrogen) atoms. The predicted molar refractivity (Wildman–Crippen MR) is 168 cm³/mol. The first-order valence-corrected chi connectivity index (χ1v) is 14.7. The zero-order valence-corrected chi connectivity index (χ0v) is 26.3. The van der Waals surface area contributed by atoms with Crippen molar-refractivity contribution in [2.24, 2.45) is 0 Å². The summed E-state index contributed by atoms with van der Waals surface area (Å²) < 4.78 is 0. The summed E-state index contributed by atoms with van der Waals surface area (Å²) in [5, 5.41) is 19.0. The van der Waals surface area contributed by atoms with Crippen molar-refractivity contribution in [1.29, 1.82) is 0 Å². The average molecular weight is 581 g/mol. The molecule has 0 radical (unpaired) electrons. The number of benzene rings is 1. The third-order valence-corrected chi connectivity index (χ3v) is 7.33. The highest BCUT2D eigenvalue weighted by Crippen LogP contribution is 2.40. The van der Waals surface area contributed by atoms with Gasteiger partial charge in [-0.15, -0.1) is 11.3 Å². The van der Waals surface area contributed by atoms with Gasteiger partial charge in [0.15, 0.2) is 5.13 Å². The van der Waals surface area contributed by atoms with Gasteiger partial charge in [-0.2, -0.15) is 0 Å². The van der Waals surface area contributed by atoms with Crippen molar-refractivity contribution in [2.75, 3.05) is 32.1 Å². The first-order valence-electron chi connectivity index (χ1n) is 13.9. The Balaban J connectivity index is 0.000000642. The Kier molecular flexibility index (Phi) is 13.2. The van der Waals surface area contributed by atoms with E-state index in [4.69, 9.17) is 15.2 Å². The van der Waals surface area contributed by atoms with E-state index in [0.717, 1.165) is 30.5 Å². The number of rotatable bonds is 12. The molecule has 0 fully saturated rings. The Morgan fingerprint density at radius 1 is 0.927 bits per heavy atom. The van der Waals surface area contributed by atoms with Crippen LogP contribution in [-0.4, -0.2) is 64.2 Å². The van der Waals surface area contributed by atoms with Crippen LogP contribution in [-0.2, 0) is 16.1 Å². The summed E-state index contributed by atoms with van der Waals surface area (Å²) in [6.45, 7) is 16.5. The highest BCUT2D eigenvalue weighted by Gasteiger charge is 2.22. The first kappa shape index (κ1) is 33.6. The molecule has 0 unspecified atom stereocenters. The molecule has 0 amide bonds. The molecule has 2 heterocycles. The van der Waals surface area contributed by atoms with E-state index in [9.17, 15) is 9.59 Å². The number of aliphatic carboxylic acids is 2. The molecule has 0 saturated carbocycles. The second-order valence-corrected chi connectivity index (χ2v) is 12.0. The summed E-state index contributed by atoms with van der Waals surface area (Å²) in [6.07, 6.45) is 4.90. The van der Waals surface area contributed by atoms with Crippen LogP contribution in [0.5, 0.6) is 0 Å². The smallest absolute Gasteiger partial charge is 0.328 e. The molecule has 0 aliphatic rings. The minimum Gasteiger partial charge on any atom is -0.478 e. The molecule has 3 rings (SSSR count). The van der Waals surface area contributed by atoms with Gasteiger partial charge in [-0.1, -0.05) is 59.7 Å². The van der Waals surface area contributed by atoms with Gasteiger partial charge in [-0.3, -0.25) is 4.98 Å². The van der Waals surface area contributed by atoms with Crippen LogP contribution >= 0.6 is 11.3 Å². The average Bonchev–Trinajstić information content (AvgIpc) is 3.39. The molecule has 8 nitrogen and oxygen atoms in total. The fourth-order valence-corrected chi connectivity index (χ4v) is 5.04. The Bertz CT molecular complexity index is 1260. The van der Waals surface area contributed by atoms with E-state index >= 15 is 0 Å². The number of carboxylic acids is 2. The second kappa shape index (κ2) is 16.0. The highest BCUT2D eigenvalue weighted by molar-refractivity contribution is 7.14. The second-order valence-electron chi connectivity index (χ2n) is 11.1. The van der Waals surface area contributed by atoms with Gasteiger partial charge in [0.05, 0.1) is 5.69 Å². The summed E-state index contributed by atoms with van der Waals surface area (Å²) in [6, 6.07) is 8.97. The van der Waals surface area contributed by atoms with Crippen LogP contribution in [0.3, 0.4) is 0 Å². The van der Waals surface area contributed by atoms with E-state index in [0.29, 0.717) is 29.9 Å². The van der Waals surface area contributed by atoms with Crippen molar-refractivity contribution in [1.82, 2.24) is 14.9 Å². The van der Waals surface area contributed by atoms with E-state index in [-0.39, 0.29) is 0 Å². The Hall–Kier alpha value is -3.56. The van der Waals surface area contributed by atoms with E-state index in [1.165, 1.54) is 27.8 Å². The van der Waals surface area contributed by atoms with Crippen LogP contribution in [0.1, 0.15) is 81.5 Å². The lowest BCUT2D eigenvalue weighted by Gasteiger charge is -2.24. The van der Waals surface area contributed by atoms with Crippen LogP contribution in [0.4, 0.5) is 5.13 Å². The molecule has 1 aromatic carbocycles. The molecule has 0 aliphatic heterocycles. The van der Waals surface area contributed by atoms with E-state index < -0.39 is 11.9 Å². The summed E-state index contributed by atoms with van der Waals surface area (Å²) >= 11 is 1.75. The third kappa shape index (κ3) is 10.7. The van der Waals surface area contributed by atoms with E-state index in [2.05, 4.69) is 94.0 Å². The summed E-state index contributed by atoms with van der Waals surface area (Å²) in [4.78, 5) is 33.3. The molecule has 0 bridgehead atoms. The first-order chi connectivity index (χ1) is 19.3. The maximum absolute atomic E-state index is 9.55. The third-order valence-electron chi connectivity index (χ3n) is 6.43. The van der Waals surface area contributed by atoms with Crippen molar-refractivity contribution in [2.45, 2.75) is 65.8 Å². The predicted octanol–water partition coefficient (Wildman–Crippen LogP) is 6.86. The van der Waals surface area contributed by atoms with Gasteiger partial charge >= 0.3 is 11.9 Å². The van der Waals surface area contributed by atoms with Crippen molar-refractivity contribution >= 4 is 28.4 Å². The number of likely N-dealkylation sites (N-methyl/N-ethyl adjacent to an activating group) is 1. The quantitative estimate of drug-likeness (QED) is 0.224. The van der Waals surface area contributed by atoms with Gasteiger partial charge < -0.3 is 20.0 Å². The Morgan fingerprint density at radius 3 is 1.95 bits per heavy atom. The van der Waals surface area contributed by atoms with Crippen LogP contribution in [0.25, 0.3) is 11.3 Å². The number of pyridine rings is 1. The minimum atomic E-state index is -1.26. The van der Waals surface area contributed by atoms with Crippen molar-refractivity contribution in [3.05, 3.63) is 76.4 Å². The number of aromatic nitrogens is 2. The molecular formula is C32H44N4O4S. The largest absolute Gasteiger partial charge is 0.478 e. The maximum atomic E-state index is 9.55. The number of hydrogen-bond donors (Lipinski definition) is 2. The lowest BCUT2D eigenvalue weighted by Crippen LogP contribution is -2.31. The van der Waals surface area contributed by atoms with Crippen molar-refractivity contribution in [3.63, 3.8) is 0 Å². The zero-order chi connectivity index (χ0) is 30.7. The normalized spacial score (nSPS) is 11.4. The monoisotopic (exact) mass is 580 g/mol. The lowest BCUT2D eigenvalue weighted by molar-refractivity contribution is -0.134. The number of nitrogens with zero attached hydrogens (tertiary/aromatic N) is 4. The molecule has 9 heteroatoms. The van der Waals surface area contributed by atoms with Gasteiger partial charge in [0.1, 0.15) is 0 Å². The summed E-state index contributed by atoms with van der Waals surface area (Å²) in [7, 11) is 4.24. The molecule has 0 saturated heterocycles. The highest BCUT2D eigenvalue weighted by atomic mass is 32.1. The molecule has 2 aromatic heterocycles. The van der Waals surface area contributed by atoms with Gasteiger partial charge in [0.2, 0.25) is 0 Å². The van der Waals surface area contributed by atoms with Crippen LogP contribution in [0.15, 0.2) is 54.2 Å². The molecule has 0 atom stereocenters. The van der Waals surface area contributed by atoms with Gasteiger partial charge in [-0.05, 0) is 60.2 Å². The zero-order valence-electron chi connectivity index (χ0n) is 25.5. The number of thiazole rings is 1. The Labute approximate surface area is 248 Å². The number of hydrogen-bond acceptors (Lipinski definition) is 7. The SMILES string of the molecule is CC(C)c1cc(C(C)C)c(-c2csc(N(CCN(C)C)Cc3cccnc3)n2)c(C(C)C)c1.O=C(O)/C=C/C(=O)O. The number of carboxylic acid groups (broad SMARTS) is 2. The molecule has 0 spiro atoms. The fourth-order valence-electron chi connectivity index (χ4n) is 4.19. The van der Waals surface area contributed by atoms with Crippen LogP contribution in [0.2, 0.25) is 0 Å². The van der Waals surface area contributed by atoms with Crippen molar-refractivity contribution in [3.8, 4) is 11.3 Å². The molecule has 0 aliphatic carbocycles. The van der Waals surface area contributed by atoms with E-state index in [1.54, 1.807) is 11.3 Å². The van der Waals surface area contributed by atoms with Gasteiger partial charge in [0, 0.05) is 55.1 Å². The molecule has 222 valence electrons. The lowest BCUT2D eigenvalue weighted by atomic mass is 9.83. The van der Waals surface area contributed by atoms with Crippen molar-refractivity contribution < 1.29 is 19.8 Å². The van der Waals surface area contributed by atoms with Gasteiger partial charge in [0.25, 0.3) is 0 Å². The molecule has 2 N–H and O–H groups in total. The van der Waals surface area contributed by atoms with Crippen LogP contribution < -0.4 is 4.90 Å². The molecule has 3 aromatic rings. The van der Waals surface area contributed by atoms with E-state index in [1.807, 2.05) is 18.5 Å². The van der Waals surface area contributed by atoms with Gasteiger partial charge in [-0.25, -0.2) is 14.6 Å². The summed E-state index contributed by atoms with van der Waals surface area (Å²) in [5.41, 5.74) is 7.90. The number of anilines is 1. The number of carbonyl (C=O) groups is 2. The Morgan fingerprint density at radius 2 is 1.51 bits per heavy atom. The molecular weight excluding hydrogens is 536 g/mol. The minimum absolute atomic E-state index is 0.446. The fraction of sp³-hybridized carbons (Fsp3) is 0.438. The maximum Gasteiger partial charge on any atom is 0.328 e. The topological polar surface area (TPSA) is 107 Å². The summed E-state index contributed by atoms with van der Waals surface area (Å²) in [5.74, 6) is -1.11. The van der Waals surface area contributed by atoms with Crippen LogP contribution in [0, 0.1) is 0 Å².